The summed E-state index contributed by atoms with van der Waals surface area (Å²) < 4.78 is 0. The lowest BCUT2D eigenvalue weighted by molar-refractivity contribution is -0.128. The van der Waals surface area contributed by atoms with Gasteiger partial charge in [-0.3, -0.25) is 9.59 Å². The Morgan fingerprint density at radius 1 is 1.39 bits per heavy atom. The average Bonchev–Trinajstić information content (AvgIpc) is 3.42. The van der Waals surface area contributed by atoms with E-state index < -0.39 is 0 Å². The molecule has 1 fully saturated rings. The predicted molar refractivity (Wildman–Crippen MR) is 118 cm³/mol. The molecule has 1 atom stereocenters. The van der Waals surface area contributed by atoms with E-state index in [1.165, 1.54) is 29.5 Å². The minimum absolute atomic E-state index is 0.0778. The molecule has 0 spiro atoms. The lowest BCUT2D eigenvalue weighted by Crippen LogP contribution is -2.35. The molecule has 28 heavy (non-hydrogen) atoms. The lowest BCUT2D eigenvalue weighted by Gasteiger charge is -2.21. The number of aromatic amines is 1. The molecule has 5 nitrogen and oxygen atoms in total. The molecule has 1 aliphatic carbocycles. The van der Waals surface area contributed by atoms with Gasteiger partial charge in [0.05, 0.1) is 11.1 Å². The number of amides is 1. The molecule has 3 rings (SSSR count). The summed E-state index contributed by atoms with van der Waals surface area (Å²) in [5.41, 5.74) is 1.06. The highest BCUT2D eigenvalue weighted by atomic mass is 32.2. The number of rotatable bonds is 10. The maximum absolute atomic E-state index is 12.7. The average molecular weight is 422 g/mol. The van der Waals surface area contributed by atoms with E-state index in [-0.39, 0.29) is 11.5 Å². The van der Waals surface area contributed by atoms with E-state index in [4.69, 9.17) is 0 Å². The number of thiophene rings is 1. The van der Waals surface area contributed by atoms with E-state index in [9.17, 15) is 9.59 Å². The Balaban J connectivity index is 1.73. The van der Waals surface area contributed by atoms with Crippen molar-refractivity contribution in [2.45, 2.75) is 65.0 Å². The minimum atomic E-state index is -0.0778. The maximum atomic E-state index is 12.7. The van der Waals surface area contributed by atoms with Crippen LogP contribution in [-0.2, 0) is 11.2 Å². The molecule has 0 radical (unpaired) electrons. The number of hydrogen-bond acceptors (Lipinski definition) is 5. The van der Waals surface area contributed by atoms with Gasteiger partial charge in [-0.15, -0.1) is 11.3 Å². The van der Waals surface area contributed by atoms with Gasteiger partial charge >= 0.3 is 0 Å². The van der Waals surface area contributed by atoms with E-state index >= 15 is 0 Å². The van der Waals surface area contributed by atoms with Crippen molar-refractivity contribution < 1.29 is 4.79 Å². The van der Waals surface area contributed by atoms with Gasteiger partial charge in [-0.1, -0.05) is 39.0 Å². The maximum Gasteiger partial charge on any atom is 0.260 e. The third-order valence-corrected chi connectivity index (χ3v) is 7.34. The molecular formula is C21H31N3O2S2. The van der Waals surface area contributed by atoms with Crippen LogP contribution in [0.15, 0.2) is 9.95 Å². The molecule has 0 aromatic carbocycles. The summed E-state index contributed by atoms with van der Waals surface area (Å²) in [7, 11) is 0. The second-order valence-corrected chi connectivity index (χ2v) is 10.1. The Morgan fingerprint density at radius 3 is 2.79 bits per heavy atom. The molecule has 1 N–H and O–H groups in total. The van der Waals surface area contributed by atoms with E-state index in [2.05, 4.69) is 37.7 Å². The number of aromatic nitrogens is 2. The number of carbonyl (C=O) groups is 1. The van der Waals surface area contributed by atoms with Crippen molar-refractivity contribution in [2.75, 3.05) is 18.8 Å². The third-order valence-electron chi connectivity index (χ3n) is 5.44. The number of thioether (sulfide) groups is 1. The van der Waals surface area contributed by atoms with Crippen molar-refractivity contribution in [3.63, 3.8) is 0 Å². The first-order valence-corrected chi connectivity index (χ1v) is 12.2. The first kappa shape index (κ1) is 21.4. The monoisotopic (exact) mass is 421 g/mol. The summed E-state index contributed by atoms with van der Waals surface area (Å²) in [5, 5.41) is 1.28. The summed E-state index contributed by atoms with van der Waals surface area (Å²) in [6, 6.07) is 0. The number of aryl methyl sites for hydroxylation is 1. The normalized spacial score (nSPS) is 15.1. The fourth-order valence-corrected chi connectivity index (χ4v) is 5.26. The van der Waals surface area contributed by atoms with Crippen LogP contribution in [-0.4, -0.2) is 39.6 Å². The molecule has 1 aliphatic rings. The molecule has 0 aliphatic heterocycles. The van der Waals surface area contributed by atoms with Gasteiger partial charge in [0.2, 0.25) is 5.91 Å². The largest absolute Gasteiger partial charge is 0.342 e. The number of carbonyl (C=O) groups excluding carboxylic acids is 1. The molecule has 7 heteroatoms. The van der Waals surface area contributed by atoms with Crippen molar-refractivity contribution in [2.24, 2.45) is 11.8 Å². The highest BCUT2D eigenvalue weighted by Gasteiger charge is 2.26. The summed E-state index contributed by atoms with van der Waals surface area (Å²) in [5.74, 6) is 1.69. The van der Waals surface area contributed by atoms with Crippen molar-refractivity contribution in [3.05, 3.63) is 20.8 Å². The first-order chi connectivity index (χ1) is 13.4. The zero-order chi connectivity index (χ0) is 20.3. The van der Waals surface area contributed by atoms with Crippen LogP contribution in [0.3, 0.4) is 0 Å². The lowest BCUT2D eigenvalue weighted by atomic mass is 9.98. The molecule has 2 aromatic rings. The Morgan fingerprint density at radius 2 is 2.14 bits per heavy atom. The van der Waals surface area contributed by atoms with E-state index in [1.807, 2.05) is 4.90 Å². The van der Waals surface area contributed by atoms with Crippen LogP contribution in [0.4, 0.5) is 0 Å². The topological polar surface area (TPSA) is 66.1 Å². The zero-order valence-corrected chi connectivity index (χ0v) is 19.0. The first-order valence-electron chi connectivity index (χ1n) is 10.4. The number of nitrogens with zero attached hydrogens (tertiary/aromatic N) is 2. The minimum Gasteiger partial charge on any atom is -0.342 e. The van der Waals surface area contributed by atoms with Gasteiger partial charge in [0.1, 0.15) is 4.83 Å². The molecule has 1 amide bonds. The fraction of sp³-hybridized carbons (Fsp3) is 0.667. The van der Waals surface area contributed by atoms with Crippen LogP contribution in [0.5, 0.6) is 0 Å². The van der Waals surface area contributed by atoms with Crippen LogP contribution in [0.2, 0.25) is 0 Å². The van der Waals surface area contributed by atoms with Crippen molar-refractivity contribution in [1.29, 1.82) is 0 Å². The predicted octanol–water partition coefficient (Wildman–Crippen LogP) is 4.62. The Labute approximate surface area is 175 Å². The van der Waals surface area contributed by atoms with E-state index in [0.717, 1.165) is 48.1 Å². The summed E-state index contributed by atoms with van der Waals surface area (Å²) >= 11 is 2.93. The van der Waals surface area contributed by atoms with Crippen LogP contribution in [0, 0.1) is 18.8 Å². The molecule has 0 unspecified atom stereocenters. The van der Waals surface area contributed by atoms with Crippen molar-refractivity contribution in [3.8, 4) is 0 Å². The van der Waals surface area contributed by atoms with Gasteiger partial charge < -0.3 is 9.88 Å². The van der Waals surface area contributed by atoms with Crippen LogP contribution >= 0.6 is 23.1 Å². The van der Waals surface area contributed by atoms with Gasteiger partial charge in [-0.05, 0) is 50.0 Å². The van der Waals surface area contributed by atoms with Crippen LogP contribution in [0.1, 0.15) is 56.9 Å². The summed E-state index contributed by atoms with van der Waals surface area (Å²) in [4.78, 5) is 36.9. The number of hydrogen-bond donors (Lipinski definition) is 1. The highest BCUT2D eigenvalue weighted by Crippen LogP contribution is 2.31. The zero-order valence-electron chi connectivity index (χ0n) is 17.3. The van der Waals surface area contributed by atoms with Gasteiger partial charge in [-0.25, -0.2) is 4.98 Å². The van der Waals surface area contributed by atoms with Crippen molar-refractivity contribution in [1.82, 2.24) is 14.9 Å². The van der Waals surface area contributed by atoms with Crippen molar-refractivity contribution >= 4 is 39.2 Å². The fourth-order valence-electron chi connectivity index (χ4n) is 3.38. The molecule has 1 saturated carbocycles. The second kappa shape index (κ2) is 9.44. The van der Waals surface area contributed by atoms with Gasteiger partial charge in [0.15, 0.2) is 5.16 Å². The molecule has 0 bridgehead atoms. The van der Waals surface area contributed by atoms with E-state index in [1.54, 1.807) is 11.3 Å². The third kappa shape index (κ3) is 5.17. The Kier molecular flexibility index (Phi) is 7.20. The number of H-pyrrole nitrogens is 1. The highest BCUT2D eigenvalue weighted by molar-refractivity contribution is 7.99. The Hall–Kier alpha value is -1.34. The second-order valence-electron chi connectivity index (χ2n) is 7.98. The SMILES string of the molecule is CCCN(CC1CC1)C(=O)CSc1nc2sc(C)c(C[C@H](C)CC)c2c(=O)[nH]1. The van der Waals surface area contributed by atoms with E-state index in [0.29, 0.717) is 22.7 Å². The number of fused-ring (bicyclic) bond motifs is 1. The quantitative estimate of drug-likeness (QED) is 0.449. The summed E-state index contributed by atoms with van der Waals surface area (Å²) in [6.07, 6.45) is 5.45. The smallest absolute Gasteiger partial charge is 0.260 e. The van der Waals surface area contributed by atoms with Gasteiger partial charge in [-0.2, -0.15) is 0 Å². The Bertz CT molecular complexity index is 886. The molecule has 2 heterocycles. The van der Waals surface area contributed by atoms with Gasteiger partial charge in [0.25, 0.3) is 5.56 Å². The molecule has 154 valence electrons. The number of nitrogens with one attached hydrogen (secondary N) is 1. The molecule has 0 saturated heterocycles. The molecular weight excluding hydrogens is 390 g/mol. The van der Waals surface area contributed by atoms with Crippen LogP contribution < -0.4 is 5.56 Å². The standard InChI is InChI=1S/C21H31N3O2S2/c1-5-9-24(11-15-7-8-15)17(25)12-27-21-22-19(26)18-16(10-13(3)6-2)14(4)28-20(18)23-21/h13,15H,5-12H2,1-4H3,(H,22,23,26)/t13-/m1/s1. The summed E-state index contributed by atoms with van der Waals surface area (Å²) in [6.45, 7) is 10.2. The molecule has 2 aromatic heterocycles. The van der Waals surface area contributed by atoms with Crippen LogP contribution in [0.25, 0.3) is 10.2 Å². The van der Waals surface area contributed by atoms with Gasteiger partial charge in [0, 0.05) is 18.0 Å².